The van der Waals surface area contributed by atoms with Crippen LogP contribution in [0.3, 0.4) is 0 Å². The molecule has 0 aromatic heterocycles. The monoisotopic (exact) mass is 277 g/mol. The van der Waals surface area contributed by atoms with Crippen LogP contribution in [0.2, 0.25) is 0 Å². The highest BCUT2D eigenvalue weighted by Crippen LogP contribution is 2.08. The van der Waals surface area contributed by atoms with Crippen LogP contribution in [0.4, 0.5) is 0 Å². The number of benzene rings is 1. The summed E-state index contributed by atoms with van der Waals surface area (Å²) in [5, 5.41) is 12.9. The Balaban J connectivity index is 2.04. The lowest BCUT2D eigenvalue weighted by molar-refractivity contribution is 0.233. The minimum Gasteiger partial charge on any atom is -0.395 e. The summed E-state index contributed by atoms with van der Waals surface area (Å²) >= 11 is 0. The molecule has 0 amide bonds. The lowest BCUT2D eigenvalue weighted by Crippen LogP contribution is -2.33. The highest BCUT2D eigenvalue weighted by atomic mass is 16.3. The number of hydrogen-bond acceptors (Lipinski definition) is 2. The van der Waals surface area contributed by atoms with Crippen LogP contribution in [-0.4, -0.2) is 24.3 Å². The second kappa shape index (κ2) is 11.9. The van der Waals surface area contributed by atoms with E-state index in [2.05, 4.69) is 36.5 Å². The van der Waals surface area contributed by atoms with E-state index in [1.807, 2.05) is 6.07 Å². The predicted octanol–water partition coefficient (Wildman–Crippen LogP) is 3.93. The van der Waals surface area contributed by atoms with Crippen molar-refractivity contribution in [3.8, 4) is 0 Å². The standard InChI is InChI=1S/C18H31NO/c1-2-3-4-5-6-10-13-18(16-20)19-15-14-17-11-8-7-9-12-17/h7-9,11-12,18-20H,2-6,10,13-16H2,1H3/t18-/m0/s1. The fourth-order valence-corrected chi connectivity index (χ4v) is 2.49. The van der Waals surface area contributed by atoms with Crippen LogP contribution in [0.5, 0.6) is 0 Å². The molecule has 0 aliphatic heterocycles. The highest BCUT2D eigenvalue weighted by molar-refractivity contribution is 5.14. The normalized spacial score (nSPS) is 12.5. The van der Waals surface area contributed by atoms with Gasteiger partial charge in [0.2, 0.25) is 0 Å². The molecular formula is C18H31NO. The molecule has 1 aromatic carbocycles. The van der Waals surface area contributed by atoms with Crippen LogP contribution >= 0.6 is 0 Å². The summed E-state index contributed by atoms with van der Waals surface area (Å²) in [7, 11) is 0. The number of aliphatic hydroxyl groups is 1. The van der Waals surface area contributed by atoms with Gasteiger partial charge in [-0.05, 0) is 24.9 Å². The Bertz CT molecular complexity index is 312. The zero-order chi connectivity index (χ0) is 14.5. The quantitative estimate of drug-likeness (QED) is 0.567. The molecule has 2 heteroatoms. The first-order chi connectivity index (χ1) is 9.86. The van der Waals surface area contributed by atoms with E-state index in [-0.39, 0.29) is 12.6 Å². The second-order valence-electron chi connectivity index (χ2n) is 5.63. The molecule has 0 saturated heterocycles. The molecule has 1 aromatic rings. The summed E-state index contributed by atoms with van der Waals surface area (Å²) in [5.41, 5.74) is 1.36. The fraction of sp³-hybridized carbons (Fsp3) is 0.667. The lowest BCUT2D eigenvalue weighted by Gasteiger charge is -2.16. The first-order valence-corrected chi connectivity index (χ1v) is 8.25. The van der Waals surface area contributed by atoms with Gasteiger partial charge in [0.15, 0.2) is 0 Å². The Labute approximate surface area is 124 Å². The molecule has 2 nitrogen and oxygen atoms in total. The smallest absolute Gasteiger partial charge is 0.0584 e. The molecule has 114 valence electrons. The van der Waals surface area contributed by atoms with E-state index < -0.39 is 0 Å². The van der Waals surface area contributed by atoms with Crippen molar-refractivity contribution >= 4 is 0 Å². The van der Waals surface area contributed by atoms with E-state index in [1.54, 1.807) is 0 Å². The van der Waals surface area contributed by atoms with E-state index >= 15 is 0 Å². The van der Waals surface area contributed by atoms with E-state index in [1.165, 1.54) is 44.1 Å². The molecule has 0 heterocycles. The SMILES string of the molecule is CCCCCCCC[C@@H](CO)NCCc1ccccc1. The molecule has 0 aliphatic carbocycles. The average molecular weight is 277 g/mol. The van der Waals surface area contributed by atoms with Crippen molar-refractivity contribution in [1.82, 2.24) is 5.32 Å². The largest absolute Gasteiger partial charge is 0.395 e. The Kier molecular flexibility index (Phi) is 10.3. The van der Waals surface area contributed by atoms with Gasteiger partial charge < -0.3 is 10.4 Å². The lowest BCUT2D eigenvalue weighted by atomic mass is 10.1. The molecule has 20 heavy (non-hydrogen) atoms. The van der Waals surface area contributed by atoms with Crippen LogP contribution in [-0.2, 0) is 6.42 Å². The van der Waals surface area contributed by atoms with Crippen molar-refractivity contribution in [2.75, 3.05) is 13.2 Å². The van der Waals surface area contributed by atoms with Crippen molar-refractivity contribution in [1.29, 1.82) is 0 Å². The zero-order valence-electron chi connectivity index (χ0n) is 13.0. The van der Waals surface area contributed by atoms with Crippen LogP contribution < -0.4 is 5.32 Å². The Morgan fingerprint density at radius 3 is 2.40 bits per heavy atom. The van der Waals surface area contributed by atoms with Gasteiger partial charge in [0.25, 0.3) is 0 Å². The second-order valence-corrected chi connectivity index (χ2v) is 5.63. The molecule has 0 spiro atoms. The minimum atomic E-state index is 0.254. The third-order valence-electron chi connectivity index (χ3n) is 3.82. The van der Waals surface area contributed by atoms with Gasteiger partial charge in [-0.25, -0.2) is 0 Å². The van der Waals surface area contributed by atoms with Gasteiger partial charge in [-0.2, -0.15) is 0 Å². The van der Waals surface area contributed by atoms with Crippen LogP contribution in [0.25, 0.3) is 0 Å². The molecule has 0 fully saturated rings. The maximum absolute atomic E-state index is 9.40. The molecule has 0 bridgehead atoms. The van der Waals surface area contributed by atoms with Crippen molar-refractivity contribution in [2.24, 2.45) is 0 Å². The Morgan fingerprint density at radius 1 is 1.00 bits per heavy atom. The molecule has 1 rings (SSSR count). The van der Waals surface area contributed by atoms with E-state index in [9.17, 15) is 5.11 Å². The van der Waals surface area contributed by atoms with Gasteiger partial charge in [0.05, 0.1) is 6.61 Å². The van der Waals surface area contributed by atoms with Gasteiger partial charge >= 0.3 is 0 Å². The number of aliphatic hydroxyl groups excluding tert-OH is 1. The third kappa shape index (κ3) is 8.34. The van der Waals surface area contributed by atoms with Crippen LogP contribution in [0, 0.1) is 0 Å². The highest BCUT2D eigenvalue weighted by Gasteiger charge is 2.05. The van der Waals surface area contributed by atoms with Crippen LogP contribution in [0.15, 0.2) is 30.3 Å². The van der Waals surface area contributed by atoms with Gasteiger partial charge in [-0.15, -0.1) is 0 Å². The van der Waals surface area contributed by atoms with E-state index in [0.717, 1.165) is 19.4 Å². The number of nitrogens with one attached hydrogen (secondary N) is 1. The zero-order valence-corrected chi connectivity index (χ0v) is 13.0. The molecule has 0 unspecified atom stereocenters. The molecular weight excluding hydrogens is 246 g/mol. The fourth-order valence-electron chi connectivity index (χ4n) is 2.49. The van der Waals surface area contributed by atoms with Crippen molar-refractivity contribution < 1.29 is 5.11 Å². The first-order valence-electron chi connectivity index (χ1n) is 8.25. The minimum absolute atomic E-state index is 0.254. The van der Waals surface area contributed by atoms with Crippen molar-refractivity contribution in [3.63, 3.8) is 0 Å². The molecule has 0 aliphatic rings. The summed E-state index contributed by atoms with van der Waals surface area (Å²) < 4.78 is 0. The summed E-state index contributed by atoms with van der Waals surface area (Å²) in [6.07, 6.45) is 10.0. The summed E-state index contributed by atoms with van der Waals surface area (Å²) in [4.78, 5) is 0. The van der Waals surface area contributed by atoms with E-state index in [4.69, 9.17) is 0 Å². The summed E-state index contributed by atoms with van der Waals surface area (Å²) in [6, 6.07) is 10.8. The van der Waals surface area contributed by atoms with Gasteiger partial charge in [0.1, 0.15) is 0 Å². The molecule has 2 N–H and O–H groups in total. The number of hydrogen-bond donors (Lipinski definition) is 2. The van der Waals surface area contributed by atoms with Crippen molar-refractivity contribution in [2.45, 2.75) is 64.3 Å². The van der Waals surface area contributed by atoms with Crippen LogP contribution in [0.1, 0.15) is 57.4 Å². The van der Waals surface area contributed by atoms with E-state index in [0.29, 0.717) is 0 Å². The summed E-state index contributed by atoms with van der Waals surface area (Å²) in [5.74, 6) is 0. The van der Waals surface area contributed by atoms with Gasteiger partial charge in [0, 0.05) is 6.04 Å². The van der Waals surface area contributed by atoms with Gasteiger partial charge in [-0.1, -0.05) is 75.8 Å². The Hall–Kier alpha value is -0.860. The number of unbranched alkanes of at least 4 members (excludes halogenated alkanes) is 5. The topological polar surface area (TPSA) is 32.3 Å². The maximum Gasteiger partial charge on any atom is 0.0584 e. The maximum atomic E-state index is 9.40. The average Bonchev–Trinajstić information content (AvgIpc) is 2.50. The van der Waals surface area contributed by atoms with Gasteiger partial charge in [-0.3, -0.25) is 0 Å². The third-order valence-corrected chi connectivity index (χ3v) is 3.82. The molecule has 1 atom stereocenters. The molecule has 0 saturated carbocycles. The predicted molar refractivity (Wildman–Crippen MR) is 87.0 cm³/mol. The van der Waals surface area contributed by atoms with Crippen molar-refractivity contribution in [3.05, 3.63) is 35.9 Å². The molecule has 0 radical (unpaired) electrons. The first kappa shape index (κ1) is 17.2. The number of rotatable bonds is 12. The Morgan fingerprint density at radius 2 is 1.70 bits per heavy atom. The summed E-state index contributed by atoms with van der Waals surface area (Å²) in [6.45, 7) is 3.45.